The summed E-state index contributed by atoms with van der Waals surface area (Å²) in [6.07, 6.45) is -0.616. The maximum atomic E-state index is 12.8. The molecular weight excluding hydrogens is 374 g/mol. The summed E-state index contributed by atoms with van der Waals surface area (Å²) in [6.45, 7) is 1.91. The number of hydrogen-bond acceptors (Lipinski definition) is 6. The van der Waals surface area contributed by atoms with Gasteiger partial charge in [-0.1, -0.05) is 11.6 Å². The van der Waals surface area contributed by atoms with Crippen molar-refractivity contribution >= 4 is 27.6 Å². The molecule has 0 radical (unpaired) electrons. The number of methoxy groups -OCH3 is 1. The fourth-order valence-corrected chi connectivity index (χ4v) is 4.40. The number of sulfonamides is 1. The van der Waals surface area contributed by atoms with Crippen LogP contribution in [0.1, 0.15) is 6.92 Å². The van der Waals surface area contributed by atoms with Crippen LogP contribution in [-0.4, -0.2) is 69.4 Å². The lowest BCUT2D eigenvalue weighted by atomic mass is 10.2. The molecule has 0 aliphatic carbocycles. The van der Waals surface area contributed by atoms with Crippen molar-refractivity contribution in [2.45, 2.75) is 24.0 Å². The van der Waals surface area contributed by atoms with Gasteiger partial charge in [-0.2, -0.15) is 4.31 Å². The molecule has 10 heteroatoms. The van der Waals surface area contributed by atoms with E-state index in [9.17, 15) is 13.2 Å². The van der Waals surface area contributed by atoms with Crippen LogP contribution in [0.2, 0.25) is 5.02 Å². The SMILES string of the molecule is COCC1CN(S(=O)(=O)c2ccc(OCC(=O)O)c(Cl)c2)CC(C)O1. The number of hydrogen-bond donors (Lipinski definition) is 1. The van der Waals surface area contributed by atoms with E-state index in [2.05, 4.69) is 0 Å². The van der Waals surface area contributed by atoms with Gasteiger partial charge in [0.25, 0.3) is 0 Å². The number of nitrogens with zero attached hydrogens (tertiary/aromatic N) is 1. The minimum absolute atomic E-state index is 0.00504. The first-order chi connectivity index (χ1) is 11.7. The van der Waals surface area contributed by atoms with Crippen LogP contribution >= 0.6 is 11.6 Å². The normalized spacial score (nSPS) is 21.9. The molecule has 1 heterocycles. The molecule has 8 nitrogen and oxygen atoms in total. The molecule has 0 spiro atoms. The molecule has 0 amide bonds. The Balaban J connectivity index is 2.20. The third-order valence-corrected chi connectivity index (χ3v) is 5.66. The van der Waals surface area contributed by atoms with Crippen molar-refractivity contribution in [3.8, 4) is 5.75 Å². The second-order valence-corrected chi connectivity index (χ2v) is 7.97. The van der Waals surface area contributed by atoms with Gasteiger partial charge in [0.1, 0.15) is 5.75 Å². The Bertz CT molecular complexity index is 725. The highest BCUT2D eigenvalue weighted by Crippen LogP contribution is 2.29. The minimum Gasteiger partial charge on any atom is -0.480 e. The Labute approximate surface area is 151 Å². The lowest BCUT2D eigenvalue weighted by molar-refractivity contribution is -0.139. The second-order valence-electron chi connectivity index (χ2n) is 5.62. The van der Waals surface area contributed by atoms with Crippen LogP contribution in [0.25, 0.3) is 0 Å². The molecule has 0 saturated carbocycles. The van der Waals surface area contributed by atoms with E-state index in [-0.39, 0.29) is 41.0 Å². The number of benzene rings is 1. The molecular formula is C15H20ClNO7S. The van der Waals surface area contributed by atoms with Crippen LogP contribution in [0.3, 0.4) is 0 Å². The van der Waals surface area contributed by atoms with Gasteiger partial charge in [0.2, 0.25) is 10.0 Å². The Morgan fingerprint density at radius 1 is 1.44 bits per heavy atom. The van der Waals surface area contributed by atoms with Crippen LogP contribution in [0.4, 0.5) is 0 Å². The third kappa shape index (κ3) is 5.05. The average Bonchev–Trinajstić information content (AvgIpc) is 2.53. The van der Waals surface area contributed by atoms with E-state index in [0.717, 1.165) is 0 Å². The van der Waals surface area contributed by atoms with Gasteiger partial charge in [-0.05, 0) is 25.1 Å². The number of carboxylic acids is 1. The summed E-state index contributed by atoms with van der Waals surface area (Å²) in [5.41, 5.74) is 0. The number of halogens is 1. The summed E-state index contributed by atoms with van der Waals surface area (Å²) in [4.78, 5) is 10.5. The van der Waals surface area contributed by atoms with Gasteiger partial charge < -0.3 is 19.3 Å². The van der Waals surface area contributed by atoms with E-state index in [1.54, 1.807) is 6.92 Å². The van der Waals surface area contributed by atoms with E-state index in [0.29, 0.717) is 6.61 Å². The number of rotatable bonds is 7. The molecule has 1 aromatic rings. The second kappa shape index (κ2) is 8.33. The number of carboxylic acid groups (broad SMARTS) is 1. The summed E-state index contributed by atoms with van der Waals surface area (Å²) < 4.78 is 42.7. The number of carbonyl (C=O) groups is 1. The van der Waals surface area contributed by atoms with Crippen molar-refractivity contribution in [1.29, 1.82) is 0 Å². The zero-order valence-electron chi connectivity index (χ0n) is 13.8. The smallest absolute Gasteiger partial charge is 0.341 e. The summed E-state index contributed by atoms with van der Waals surface area (Å²) in [5.74, 6) is -1.05. The predicted molar refractivity (Wildman–Crippen MR) is 89.6 cm³/mol. The predicted octanol–water partition coefficient (Wildman–Crippen LogP) is 1.23. The molecule has 0 aromatic heterocycles. The van der Waals surface area contributed by atoms with Crippen LogP contribution in [0, 0.1) is 0 Å². The molecule has 1 aromatic carbocycles. The first-order valence-electron chi connectivity index (χ1n) is 7.52. The monoisotopic (exact) mass is 393 g/mol. The number of ether oxygens (including phenoxy) is 3. The Kier molecular flexibility index (Phi) is 6.64. The van der Waals surface area contributed by atoms with Crippen molar-refractivity contribution in [3.63, 3.8) is 0 Å². The highest BCUT2D eigenvalue weighted by atomic mass is 35.5. The minimum atomic E-state index is -3.78. The molecule has 2 unspecified atom stereocenters. The van der Waals surface area contributed by atoms with E-state index in [4.69, 9.17) is 30.9 Å². The zero-order chi connectivity index (χ0) is 18.6. The summed E-state index contributed by atoms with van der Waals surface area (Å²) in [6, 6.07) is 3.93. The molecule has 140 valence electrons. The molecule has 1 fully saturated rings. The Morgan fingerprint density at radius 3 is 2.76 bits per heavy atom. The summed E-state index contributed by atoms with van der Waals surface area (Å²) >= 11 is 6.02. The van der Waals surface area contributed by atoms with Gasteiger partial charge >= 0.3 is 5.97 Å². The molecule has 25 heavy (non-hydrogen) atoms. The van der Waals surface area contributed by atoms with Crippen molar-refractivity contribution in [2.75, 3.05) is 33.4 Å². The Hall–Kier alpha value is -1.39. The van der Waals surface area contributed by atoms with Crippen molar-refractivity contribution in [1.82, 2.24) is 4.31 Å². The average molecular weight is 394 g/mol. The fourth-order valence-electron chi connectivity index (χ4n) is 2.52. The fraction of sp³-hybridized carbons (Fsp3) is 0.533. The van der Waals surface area contributed by atoms with Gasteiger partial charge in [0, 0.05) is 20.2 Å². The molecule has 2 atom stereocenters. The van der Waals surface area contributed by atoms with Gasteiger partial charge in [0.05, 0.1) is 28.7 Å². The summed E-state index contributed by atoms with van der Waals surface area (Å²) in [5, 5.41) is 8.65. The maximum absolute atomic E-state index is 12.8. The molecule has 1 saturated heterocycles. The van der Waals surface area contributed by atoms with Crippen LogP contribution in [0.15, 0.2) is 23.1 Å². The molecule has 1 aliphatic heterocycles. The number of morpholine rings is 1. The van der Waals surface area contributed by atoms with Crippen molar-refractivity contribution in [2.24, 2.45) is 0 Å². The van der Waals surface area contributed by atoms with Gasteiger partial charge in [-0.15, -0.1) is 0 Å². The van der Waals surface area contributed by atoms with Crippen LogP contribution in [-0.2, 0) is 24.3 Å². The summed E-state index contributed by atoms with van der Waals surface area (Å²) in [7, 11) is -2.25. The maximum Gasteiger partial charge on any atom is 0.341 e. The zero-order valence-corrected chi connectivity index (χ0v) is 15.4. The molecule has 0 bridgehead atoms. The standard InChI is InChI=1S/C15H20ClNO7S/c1-10-6-17(7-11(24-10)8-22-2)25(20,21)12-3-4-14(13(16)5-12)23-9-15(18)19/h3-5,10-11H,6-9H2,1-2H3,(H,18,19). The first kappa shape index (κ1) is 19.9. The largest absolute Gasteiger partial charge is 0.480 e. The molecule has 2 rings (SSSR count). The van der Waals surface area contributed by atoms with Gasteiger partial charge in [0.15, 0.2) is 6.61 Å². The van der Waals surface area contributed by atoms with E-state index in [1.807, 2.05) is 0 Å². The van der Waals surface area contributed by atoms with Gasteiger partial charge in [-0.25, -0.2) is 13.2 Å². The van der Waals surface area contributed by atoms with Crippen molar-refractivity contribution in [3.05, 3.63) is 23.2 Å². The van der Waals surface area contributed by atoms with Crippen molar-refractivity contribution < 1.29 is 32.5 Å². The lowest BCUT2D eigenvalue weighted by Crippen LogP contribution is -2.50. The lowest BCUT2D eigenvalue weighted by Gasteiger charge is -2.35. The van der Waals surface area contributed by atoms with E-state index >= 15 is 0 Å². The van der Waals surface area contributed by atoms with E-state index < -0.39 is 22.6 Å². The van der Waals surface area contributed by atoms with Crippen LogP contribution in [0.5, 0.6) is 5.75 Å². The van der Waals surface area contributed by atoms with E-state index in [1.165, 1.54) is 29.6 Å². The Morgan fingerprint density at radius 2 is 2.16 bits per heavy atom. The topological polar surface area (TPSA) is 102 Å². The molecule has 1 aliphatic rings. The third-order valence-electron chi connectivity index (χ3n) is 3.54. The van der Waals surface area contributed by atoms with Gasteiger partial charge in [-0.3, -0.25) is 0 Å². The highest BCUT2D eigenvalue weighted by molar-refractivity contribution is 7.89. The molecule has 1 N–H and O–H groups in total. The number of aliphatic carboxylic acids is 1. The van der Waals surface area contributed by atoms with Crippen LogP contribution < -0.4 is 4.74 Å². The quantitative estimate of drug-likeness (QED) is 0.743. The highest BCUT2D eigenvalue weighted by Gasteiger charge is 2.34. The first-order valence-corrected chi connectivity index (χ1v) is 9.34.